The van der Waals surface area contributed by atoms with Crippen LogP contribution < -0.4 is 5.73 Å². The third-order valence-electron chi connectivity index (χ3n) is 3.73. The van der Waals surface area contributed by atoms with Crippen LogP contribution in [-0.2, 0) is 0 Å². The third kappa shape index (κ3) is 1.89. The number of likely N-dealkylation sites (tertiary alicyclic amines) is 1. The molecule has 2 fully saturated rings. The van der Waals surface area contributed by atoms with E-state index in [1.54, 1.807) is 0 Å². The smallest absolute Gasteiger partial charge is 0.0101 e. The zero-order valence-corrected chi connectivity index (χ0v) is 8.87. The molecule has 76 valence electrons. The molecule has 2 bridgehead atoms. The predicted molar refractivity (Wildman–Crippen MR) is 55.6 cm³/mol. The zero-order valence-electron chi connectivity index (χ0n) is 8.87. The van der Waals surface area contributed by atoms with E-state index >= 15 is 0 Å². The van der Waals surface area contributed by atoms with Gasteiger partial charge in [0.2, 0.25) is 0 Å². The van der Waals surface area contributed by atoms with Crippen LogP contribution in [0, 0.1) is 5.92 Å². The maximum atomic E-state index is 5.83. The lowest BCUT2D eigenvalue weighted by Gasteiger charge is -2.33. The molecular formula is C11H22N2. The molecule has 0 aromatic rings. The fraction of sp³-hybridized carbons (Fsp3) is 1.00. The number of nitrogens with two attached hydrogens (primary N) is 1. The van der Waals surface area contributed by atoms with Gasteiger partial charge >= 0.3 is 0 Å². The fourth-order valence-electron chi connectivity index (χ4n) is 3.18. The van der Waals surface area contributed by atoms with E-state index in [1.807, 2.05) is 0 Å². The minimum Gasteiger partial charge on any atom is -0.328 e. The van der Waals surface area contributed by atoms with Crippen molar-refractivity contribution in [2.24, 2.45) is 11.7 Å². The molecule has 13 heavy (non-hydrogen) atoms. The highest BCUT2D eigenvalue weighted by atomic mass is 15.2. The van der Waals surface area contributed by atoms with Crippen LogP contribution in [0.1, 0.15) is 39.5 Å². The Morgan fingerprint density at radius 1 is 1.38 bits per heavy atom. The SMILES string of the molecule is CC(N)CC(C)N1CC2CCC1C2. The largest absolute Gasteiger partial charge is 0.328 e. The lowest BCUT2D eigenvalue weighted by atomic mass is 10.0. The van der Waals surface area contributed by atoms with Gasteiger partial charge in [0.05, 0.1) is 0 Å². The molecule has 1 aliphatic heterocycles. The molecule has 2 heteroatoms. The Bertz CT molecular complexity index is 179. The number of hydrogen-bond acceptors (Lipinski definition) is 2. The molecular weight excluding hydrogens is 160 g/mol. The Morgan fingerprint density at radius 3 is 2.62 bits per heavy atom. The van der Waals surface area contributed by atoms with E-state index in [0.717, 1.165) is 18.4 Å². The van der Waals surface area contributed by atoms with Crippen LogP contribution >= 0.6 is 0 Å². The van der Waals surface area contributed by atoms with Gasteiger partial charge in [-0.1, -0.05) is 0 Å². The highest BCUT2D eigenvalue weighted by Crippen LogP contribution is 2.38. The molecule has 4 unspecified atom stereocenters. The minimum atomic E-state index is 0.356. The van der Waals surface area contributed by atoms with E-state index < -0.39 is 0 Å². The molecule has 0 aromatic heterocycles. The lowest BCUT2D eigenvalue weighted by Crippen LogP contribution is -2.41. The zero-order chi connectivity index (χ0) is 9.42. The molecule has 1 aliphatic carbocycles. The average Bonchev–Trinajstić information content (AvgIpc) is 2.62. The first-order valence-electron chi connectivity index (χ1n) is 5.68. The highest BCUT2D eigenvalue weighted by molar-refractivity contribution is 4.94. The summed E-state index contributed by atoms with van der Waals surface area (Å²) in [5.41, 5.74) is 5.83. The molecule has 0 spiro atoms. The Kier molecular flexibility index (Phi) is 2.61. The number of piperidine rings is 1. The van der Waals surface area contributed by atoms with Crippen molar-refractivity contribution < 1.29 is 0 Å². The van der Waals surface area contributed by atoms with Gasteiger partial charge in [0.1, 0.15) is 0 Å². The van der Waals surface area contributed by atoms with Gasteiger partial charge < -0.3 is 5.73 Å². The summed E-state index contributed by atoms with van der Waals surface area (Å²) in [6.07, 6.45) is 5.53. The van der Waals surface area contributed by atoms with Crippen LogP contribution in [0.3, 0.4) is 0 Å². The van der Waals surface area contributed by atoms with Crippen molar-refractivity contribution in [3.63, 3.8) is 0 Å². The molecule has 0 radical (unpaired) electrons. The Balaban J connectivity index is 1.87. The first-order chi connectivity index (χ1) is 6.16. The van der Waals surface area contributed by atoms with Crippen molar-refractivity contribution in [1.82, 2.24) is 4.90 Å². The van der Waals surface area contributed by atoms with Gasteiger partial charge in [0.15, 0.2) is 0 Å². The van der Waals surface area contributed by atoms with Gasteiger partial charge in [-0.05, 0) is 45.4 Å². The van der Waals surface area contributed by atoms with E-state index in [1.165, 1.54) is 25.8 Å². The second-order valence-corrected chi connectivity index (χ2v) is 5.09. The van der Waals surface area contributed by atoms with Gasteiger partial charge in [0.25, 0.3) is 0 Å². The Hall–Kier alpha value is -0.0800. The van der Waals surface area contributed by atoms with Gasteiger partial charge in [-0.15, -0.1) is 0 Å². The van der Waals surface area contributed by atoms with Gasteiger partial charge in [0, 0.05) is 24.7 Å². The van der Waals surface area contributed by atoms with Crippen molar-refractivity contribution in [1.29, 1.82) is 0 Å². The molecule has 2 aliphatic rings. The minimum absolute atomic E-state index is 0.356. The second kappa shape index (κ2) is 3.58. The van der Waals surface area contributed by atoms with Crippen molar-refractivity contribution in [2.75, 3.05) is 6.54 Å². The fourth-order valence-corrected chi connectivity index (χ4v) is 3.18. The summed E-state index contributed by atoms with van der Waals surface area (Å²) in [7, 11) is 0. The van der Waals surface area contributed by atoms with Crippen LogP contribution in [0.2, 0.25) is 0 Å². The summed E-state index contributed by atoms with van der Waals surface area (Å²) in [4.78, 5) is 2.69. The van der Waals surface area contributed by atoms with Crippen molar-refractivity contribution in [3.8, 4) is 0 Å². The number of rotatable bonds is 3. The lowest BCUT2D eigenvalue weighted by molar-refractivity contribution is 0.148. The molecule has 1 saturated heterocycles. The molecule has 2 N–H and O–H groups in total. The summed E-state index contributed by atoms with van der Waals surface area (Å²) >= 11 is 0. The summed E-state index contributed by atoms with van der Waals surface area (Å²) in [5.74, 6) is 1.01. The van der Waals surface area contributed by atoms with Gasteiger partial charge in [-0.3, -0.25) is 4.90 Å². The maximum absolute atomic E-state index is 5.83. The molecule has 1 saturated carbocycles. The second-order valence-electron chi connectivity index (χ2n) is 5.09. The summed E-state index contributed by atoms with van der Waals surface area (Å²) < 4.78 is 0. The summed E-state index contributed by atoms with van der Waals surface area (Å²) in [6.45, 7) is 5.80. The van der Waals surface area contributed by atoms with Crippen LogP contribution in [0.15, 0.2) is 0 Å². The molecule has 0 aromatic carbocycles. The van der Waals surface area contributed by atoms with Crippen LogP contribution in [0.5, 0.6) is 0 Å². The molecule has 0 amide bonds. The Labute approximate surface area is 81.5 Å². The highest BCUT2D eigenvalue weighted by Gasteiger charge is 2.39. The van der Waals surface area contributed by atoms with Gasteiger partial charge in [-0.2, -0.15) is 0 Å². The number of hydrogen-bond donors (Lipinski definition) is 1. The van der Waals surface area contributed by atoms with Crippen molar-refractivity contribution in [3.05, 3.63) is 0 Å². The first kappa shape index (κ1) is 9.47. The molecule has 2 nitrogen and oxygen atoms in total. The third-order valence-corrected chi connectivity index (χ3v) is 3.73. The summed E-state index contributed by atoms with van der Waals surface area (Å²) in [6, 6.07) is 1.96. The van der Waals surface area contributed by atoms with Crippen LogP contribution in [0.25, 0.3) is 0 Å². The Morgan fingerprint density at radius 2 is 2.15 bits per heavy atom. The first-order valence-corrected chi connectivity index (χ1v) is 5.68. The molecule has 1 heterocycles. The van der Waals surface area contributed by atoms with E-state index in [-0.39, 0.29) is 0 Å². The molecule has 2 rings (SSSR count). The number of fused-ring (bicyclic) bond motifs is 2. The topological polar surface area (TPSA) is 29.3 Å². The predicted octanol–water partition coefficient (Wildman–Crippen LogP) is 1.60. The van der Waals surface area contributed by atoms with Crippen molar-refractivity contribution in [2.45, 2.75) is 57.7 Å². The number of nitrogens with zero attached hydrogens (tertiary/aromatic N) is 1. The van der Waals surface area contributed by atoms with Crippen LogP contribution in [0.4, 0.5) is 0 Å². The average molecular weight is 182 g/mol. The molecule has 4 atom stereocenters. The van der Waals surface area contributed by atoms with E-state index in [2.05, 4.69) is 18.7 Å². The maximum Gasteiger partial charge on any atom is 0.0101 e. The van der Waals surface area contributed by atoms with E-state index in [9.17, 15) is 0 Å². The van der Waals surface area contributed by atoms with E-state index in [4.69, 9.17) is 5.73 Å². The summed E-state index contributed by atoms with van der Waals surface area (Å²) in [5, 5.41) is 0. The van der Waals surface area contributed by atoms with Crippen LogP contribution in [-0.4, -0.2) is 29.6 Å². The van der Waals surface area contributed by atoms with Gasteiger partial charge in [-0.25, -0.2) is 0 Å². The standard InChI is InChI=1S/C11H22N2/c1-8(12)5-9(2)13-7-10-3-4-11(13)6-10/h8-11H,3-7,12H2,1-2H3. The normalized spacial score (nSPS) is 38.1. The monoisotopic (exact) mass is 182 g/mol. The quantitative estimate of drug-likeness (QED) is 0.718. The van der Waals surface area contributed by atoms with Crippen molar-refractivity contribution >= 4 is 0 Å². The van der Waals surface area contributed by atoms with E-state index in [0.29, 0.717) is 12.1 Å².